The lowest BCUT2D eigenvalue weighted by Crippen LogP contribution is -2.02. The van der Waals surface area contributed by atoms with Crippen molar-refractivity contribution in [2.24, 2.45) is 0 Å². The summed E-state index contributed by atoms with van der Waals surface area (Å²) in [6.45, 7) is 0.439. The molecule has 0 saturated carbocycles. The van der Waals surface area contributed by atoms with Gasteiger partial charge >= 0.3 is 0 Å². The number of aromatic nitrogens is 4. The van der Waals surface area contributed by atoms with Gasteiger partial charge in [-0.25, -0.2) is 0 Å². The van der Waals surface area contributed by atoms with Crippen LogP contribution in [0.15, 0.2) is 104 Å². The summed E-state index contributed by atoms with van der Waals surface area (Å²) in [5.41, 5.74) is 7.16. The fraction of sp³-hybridized carbons (Fsp3) is 0.0606. The van der Waals surface area contributed by atoms with E-state index >= 15 is 0 Å². The third-order valence-electron chi connectivity index (χ3n) is 7.49. The van der Waals surface area contributed by atoms with Crippen LogP contribution in [-0.4, -0.2) is 42.9 Å². The highest BCUT2D eigenvalue weighted by atomic mass is 16.3. The van der Waals surface area contributed by atoms with E-state index < -0.39 is 5.78 Å². The van der Waals surface area contributed by atoms with Crippen molar-refractivity contribution in [2.45, 2.75) is 6.54 Å². The third-order valence-corrected chi connectivity index (χ3v) is 7.49. The number of aromatic amines is 1. The van der Waals surface area contributed by atoms with Crippen LogP contribution >= 0.6 is 0 Å². The predicted molar refractivity (Wildman–Crippen MR) is 157 cm³/mol. The number of hydrogen-bond donors (Lipinski definition) is 2. The van der Waals surface area contributed by atoms with Crippen LogP contribution in [-0.2, 0) is 11.3 Å². The number of carbonyl (C=O) groups is 2. The number of aldehydes is 1. The topological polar surface area (TPSA) is 92.9 Å². The molecule has 0 unspecified atom stereocenters. The fourth-order valence-corrected chi connectivity index (χ4v) is 5.71. The summed E-state index contributed by atoms with van der Waals surface area (Å²) in [6.07, 6.45) is 7.99. The minimum absolute atomic E-state index is 0.000265. The summed E-state index contributed by atoms with van der Waals surface area (Å²) in [5.74, 6) is -0.621. The molecule has 0 aliphatic heterocycles. The molecular formula is C33H24N4O3. The van der Waals surface area contributed by atoms with E-state index in [2.05, 4.69) is 20.6 Å². The van der Waals surface area contributed by atoms with Crippen LogP contribution < -0.4 is 0 Å². The van der Waals surface area contributed by atoms with Crippen molar-refractivity contribution in [3.05, 3.63) is 109 Å². The van der Waals surface area contributed by atoms with E-state index in [1.54, 1.807) is 6.20 Å². The van der Waals surface area contributed by atoms with Crippen molar-refractivity contribution in [1.29, 1.82) is 0 Å². The number of para-hydroxylation sites is 3. The van der Waals surface area contributed by atoms with Gasteiger partial charge in [-0.15, -0.1) is 0 Å². The number of hydrogen-bond acceptors (Lipinski definition) is 4. The average molecular weight is 525 g/mol. The molecule has 194 valence electrons. The zero-order valence-corrected chi connectivity index (χ0v) is 21.4. The van der Waals surface area contributed by atoms with Gasteiger partial charge in [0.25, 0.3) is 0 Å². The zero-order valence-electron chi connectivity index (χ0n) is 21.4. The van der Waals surface area contributed by atoms with E-state index in [4.69, 9.17) is 0 Å². The number of fused-ring (bicyclic) bond motifs is 3. The number of aliphatic hydroxyl groups is 1. The molecule has 0 aliphatic carbocycles. The second kappa shape index (κ2) is 9.48. The molecule has 40 heavy (non-hydrogen) atoms. The number of H-pyrrole nitrogens is 1. The standard InChI is InChI=1S/C33H24N4O3/c38-14-13-36-18-26(23-8-2-5-11-29(23)36)25-17-35-33(31(40)20-39)32(25)27-19-37(30-12-6-3-9-24(27)30)22-15-21-7-1-4-10-28(21)34-16-22/h1-12,15-20,35,38H,13-14H2. The maximum atomic E-state index is 12.9. The molecule has 7 heteroatoms. The van der Waals surface area contributed by atoms with Crippen LogP contribution in [0.2, 0.25) is 0 Å². The van der Waals surface area contributed by atoms with Crippen LogP contribution in [0.4, 0.5) is 0 Å². The van der Waals surface area contributed by atoms with Crippen LogP contribution in [0, 0.1) is 0 Å². The summed E-state index contributed by atoms with van der Waals surface area (Å²) in [7, 11) is 0. The quantitative estimate of drug-likeness (QED) is 0.148. The smallest absolute Gasteiger partial charge is 0.242 e. The van der Waals surface area contributed by atoms with E-state index in [0.29, 0.717) is 18.4 Å². The number of carbonyl (C=O) groups excluding carboxylic acids is 2. The van der Waals surface area contributed by atoms with Gasteiger partial charge in [-0.3, -0.25) is 14.6 Å². The van der Waals surface area contributed by atoms with Crippen molar-refractivity contribution in [3.8, 4) is 27.9 Å². The average Bonchev–Trinajstić information content (AvgIpc) is 3.70. The molecule has 0 spiro atoms. The molecule has 7 rings (SSSR count). The Balaban J connectivity index is 1.52. The molecule has 0 aliphatic rings. The molecule has 0 radical (unpaired) electrons. The lowest BCUT2D eigenvalue weighted by Gasteiger charge is -2.06. The summed E-state index contributed by atoms with van der Waals surface area (Å²) in [6, 6.07) is 26.0. The lowest BCUT2D eigenvalue weighted by molar-refractivity contribution is -0.104. The molecule has 0 saturated heterocycles. The van der Waals surface area contributed by atoms with Gasteiger partial charge < -0.3 is 19.2 Å². The Hall–Kier alpha value is -5.27. The predicted octanol–water partition coefficient (Wildman–Crippen LogP) is 6.17. The first-order valence-electron chi connectivity index (χ1n) is 13.0. The molecule has 0 fully saturated rings. The van der Waals surface area contributed by atoms with Gasteiger partial charge in [-0.2, -0.15) is 0 Å². The first-order valence-corrected chi connectivity index (χ1v) is 13.0. The van der Waals surface area contributed by atoms with Gasteiger partial charge in [0.1, 0.15) is 0 Å². The summed E-state index contributed by atoms with van der Waals surface area (Å²) < 4.78 is 4.08. The highest BCUT2D eigenvalue weighted by Crippen LogP contribution is 2.43. The molecule has 0 atom stereocenters. The second-order valence-electron chi connectivity index (χ2n) is 9.73. The second-order valence-corrected chi connectivity index (χ2v) is 9.73. The van der Waals surface area contributed by atoms with Gasteiger partial charge in [0, 0.05) is 69.1 Å². The Kier molecular flexibility index (Phi) is 5.65. The highest BCUT2D eigenvalue weighted by Gasteiger charge is 2.25. The van der Waals surface area contributed by atoms with Crippen LogP contribution in [0.1, 0.15) is 10.5 Å². The Labute approximate surface area is 228 Å². The van der Waals surface area contributed by atoms with Crippen molar-refractivity contribution in [1.82, 2.24) is 19.1 Å². The summed E-state index contributed by atoms with van der Waals surface area (Å²) in [5, 5.41) is 12.6. The van der Waals surface area contributed by atoms with Gasteiger partial charge in [-0.05, 0) is 24.3 Å². The molecule has 0 amide bonds. The Morgan fingerprint density at radius 3 is 2.40 bits per heavy atom. The van der Waals surface area contributed by atoms with E-state index in [1.807, 2.05) is 96.0 Å². The summed E-state index contributed by atoms with van der Waals surface area (Å²) >= 11 is 0. The third kappa shape index (κ3) is 3.67. The number of nitrogens with one attached hydrogen (secondary N) is 1. The number of Topliss-reactive ketones (excluding diaryl/α,β-unsaturated/α-hetero) is 1. The SMILES string of the molecule is O=CC(=O)c1[nH]cc(-c2cn(CCO)c3ccccc23)c1-c1cn(-c2cnc3ccccc3c2)c2ccccc12. The molecule has 0 bridgehead atoms. The Morgan fingerprint density at radius 1 is 0.875 bits per heavy atom. The molecule has 7 aromatic rings. The molecule has 4 aromatic heterocycles. The molecule has 3 aromatic carbocycles. The first-order chi connectivity index (χ1) is 19.7. The number of pyridine rings is 1. The normalized spacial score (nSPS) is 11.5. The highest BCUT2D eigenvalue weighted by molar-refractivity contribution is 6.35. The van der Waals surface area contributed by atoms with Crippen LogP contribution in [0.3, 0.4) is 0 Å². The van der Waals surface area contributed by atoms with Crippen molar-refractivity contribution < 1.29 is 14.7 Å². The molecule has 2 N–H and O–H groups in total. The van der Waals surface area contributed by atoms with Crippen LogP contribution in [0.5, 0.6) is 0 Å². The van der Waals surface area contributed by atoms with E-state index in [9.17, 15) is 14.7 Å². The van der Waals surface area contributed by atoms with Gasteiger partial charge in [0.05, 0.1) is 35.2 Å². The Morgan fingerprint density at radius 2 is 1.60 bits per heavy atom. The number of benzene rings is 3. The monoisotopic (exact) mass is 524 g/mol. The number of ketones is 1. The maximum Gasteiger partial charge on any atom is 0.242 e. The van der Waals surface area contributed by atoms with Gasteiger partial charge in [0.2, 0.25) is 5.78 Å². The zero-order chi connectivity index (χ0) is 27.2. The van der Waals surface area contributed by atoms with E-state index in [1.165, 1.54) is 0 Å². The fourth-order valence-electron chi connectivity index (χ4n) is 5.71. The largest absolute Gasteiger partial charge is 0.395 e. The number of rotatable bonds is 7. The van der Waals surface area contributed by atoms with Crippen molar-refractivity contribution >= 4 is 44.8 Å². The van der Waals surface area contributed by atoms with Crippen LogP contribution in [0.25, 0.3) is 60.6 Å². The minimum Gasteiger partial charge on any atom is -0.395 e. The molecular weight excluding hydrogens is 500 g/mol. The van der Waals surface area contributed by atoms with Crippen molar-refractivity contribution in [2.75, 3.05) is 6.61 Å². The number of nitrogens with zero attached hydrogens (tertiary/aromatic N) is 3. The van der Waals surface area contributed by atoms with E-state index in [-0.39, 0.29) is 12.3 Å². The number of aliphatic hydroxyl groups excluding tert-OH is 1. The molecule has 7 nitrogen and oxygen atoms in total. The lowest BCUT2D eigenvalue weighted by atomic mass is 9.95. The first kappa shape index (κ1) is 23.8. The van der Waals surface area contributed by atoms with E-state index in [0.717, 1.165) is 55.1 Å². The van der Waals surface area contributed by atoms with Crippen molar-refractivity contribution in [3.63, 3.8) is 0 Å². The maximum absolute atomic E-state index is 12.9. The van der Waals surface area contributed by atoms with Gasteiger partial charge in [-0.1, -0.05) is 54.6 Å². The molecule has 4 heterocycles. The summed E-state index contributed by atoms with van der Waals surface area (Å²) in [4.78, 5) is 32.4. The van der Waals surface area contributed by atoms with Gasteiger partial charge in [0.15, 0.2) is 6.29 Å². The Bertz CT molecular complexity index is 2080. The minimum atomic E-state index is -0.621.